The second-order valence-corrected chi connectivity index (χ2v) is 6.78. The Morgan fingerprint density at radius 1 is 0.962 bits per heavy atom. The zero-order chi connectivity index (χ0) is 18.5. The fourth-order valence-electron chi connectivity index (χ4n) is 3.18. The Bertz CT molecular complexity index is 776. The Kier molecular flexibility index (Phi) is 5.68. The molecule has 136 valence electrons. The van der Waals surface area contributed by atoms with Crippen LogP contribution < -0.4 is 16.0 Å². The van der Waals surface area contributed by atoms with E-state index < -0.39 is 6.04 Å². The number of hydrogen-bond donors (Lipinski definition) is 3. The summed E-state index contributed by atoms with van der Waals surface area (Å²) in [7, 11) is 0. The highest BCUT2D eigenvalue weighted by Gasteiger charge is 2.26. The van der Waals surface area contributed by atoms with Crippen LogP contribution >= 0.6 is 0 Å². The first-order valence-electron chi connectivity index (χ1n) is 9.00. The van der Waals surface area contributed by atoms with Gasteiger partial charge in [-0.3, -0.25) is 9.59 Å². The largest absolute Gasteiger partial charge is 0.348 e. The highest BCUT2D eigenvalue weighted by molar-refractivity contribution is 5.90. The van der Waals surface area contributed by atoms with Gasteiger partial charge >= 0.3 is 0 Å². The lowest BCUT2D eigenvalue weighted by Gasteiger charge is -2.27. The number of fused-ring (bicyclic) bond motifs is 1. The standard InChI is InChI=1S/C21H25N3O2/c1-14(16-8-4-3-5-9-16)23-20(25)15(2)24-21(26)19-12-17-10-6-7-11-18(17)13-22-19/h3-11,14-15,19,22H,12-13H2,1-2H3,(H,23,25)(H,24,26)/t14-,15+,19-/m1/s1. The molecule has 2 aromatic carbocycles. The molecule has 2 amide bonds. The van der Waals surface area contributed by atoms with E-state index in [1.807, 2.05) is 55.5 Å². The first-order chi connectivity index (χ1) is 12.5. The van der Waals surface area contributed by atoms with Crippen molar-refractivity contribution in [2.75, 3.05) is 0 Å². The highest BCUT2D eigenvalue weighted by atomic mass is 16.2. The van der Waals surface area contributed by atoms with Crippen LogP contribution in [0.2, 0.25) is 0 Å². The van der Waals surface area contributed by atoms with Gasteiger partial charge in [-0.15, -0.1) is 0 Å². The van der Waals surface area contributed by atoms with Crippen LogP contribution in [-0.2, 0) is 22.6 Å². The molecule has 1 aliphatic rings. The van der Waals surface area contributed by atoms with Crippen molar-refractivity contribution < 1.29 is 9.59 Å². The fraction of sp³-hybridized carbons (Fsp3) is 0.333. The van der Waals surface area contributed by atoms with E-state index in [-0.39, 0.29) is 23.9 Å². The van der Waals surface area contributed by atoms with Crippen LogP contribution in [0.3, 0.4) is 0 Å². The van der Waals surface area contributed by atoms with Crippen LogP contribution in [-0.4, -0.2) is 23.9 Å². The molecular formula is C21H25N3O2. The maximum atomic E-state index is 12.5. The summed E-state index contributed by atoms with van der Waals surface area (Å²) in [6, 6.07) is 16.9. The number of benzene rings is 2. The maximum absolute atomic E-state index is 12.5. The average molecular weight is 351 g/mol. The molecule has 0 radical (unpaired) electrons. The minimum absolute atomic E-state index is 0.109. The van der Waals surface area contributed by atoms with E-state index in [9.17, 15) is 9.59 Å². The predicted octanol–water partition coefficient (Wildman–Crippen LogP) is 2.08. The number of carbonyl (C=O) groups excluding carboxylic acids is 2. The molecule has 0 aliphatic carbocycles. The molecule has 0 unspecified atom stereocenters. The third-order valence-corrected chi connectivity index (χ3v) is 4.81. The van der Waals surface area contributed by atoms with Crippen molar-refractivity contribution in [1.82, 2.24) is 16.0 Å². The molecule has 0 aromatic heterocycles. The molecule has 0 saturated heterocycles. The second-order valence-electron chi connectivity index (χ2n) is 6.78. The summed E-state index contributed by atoms with van der Waals surface area (Å²) in [5.74, 6) is -0.333. The van der Waals surface area contributed by atoms with Gasteiger partial charge in [0.2, 0.25) is 11.8 Å². The van der Waals surface area contributed by atoms with Gasteiger partial charge in [0, 0.05) is 6.54 Å². The maximum Gasteiger partial charge on any atom is 0.242 e. The van der Waals surface area contributed by atoms with Gasteiger partial charge in [0.25, 0.3) is 0 Å². The minimum Gasteiger partial charge on any atom is -0.348 e. The van der Waals surface area contributed by atoms with Crippen LogP contribution in [0.25, 0.3) is 0 Å². The zero-order valence-electron chi connectivity index (χ0n) is 15.2. The van der Waals surface area contributed by atoms with E-state index in [1.165, 1.54) is 11.1 Å². The lowest BCUT2D eigenvalue weighted by Crippen LogP contribution is -2.53. The smallest absolute Gasteiger partial charge is 0.242 e. The van der Waals surface area contributed by atoms with Gasteiger partial charge in [0.05, 0.1) is 12.1 Å². The molecule has 26 heavy (non-hydrogen) atoms. The summed E-state index contributed by atoms with van der Waals surface area (Å²) in [5.41, 5.74) is 3.44. The Morgan fingerprint density at radius 2 is 1.62 bits per heavy atom. The lowest BCUT2D eigenvalue weighted by molar-refractivity contribution is -0.130. The highest BCUT2D eigenvalue weighted by Crippen LogP contribution is 2.16. The number of nitrogens with one attached hydrogen (secondary N) is 3. The molecule has 0 spiro atoms. The first kappa shape index (κ1) is 18.1. The number of rotatable bonds is 5. The van der Waals surface area contributed by atoms with E-state index in [0.717, 1.165) is 5.56 Å². The minimum atomic E-state index is -0.590. The van der Waals surface area contributed by atoms with Gasteiger partial charge in [0.1, 0.15) is 6.04 Å². The van der Waals surface area contributed by atoms with Crippen LogP contribution in [0, 0.1) is 0 Å². The summed E-state index contributed by atoms with van der Waals surface area (Å²) in [6.45, 7) is 4.31. The summed E-state index contributed by atoms with van der Waals surface area (Å²) >= 11 is 0. The quantitative estimate of drug-likeness (QED) is 0.772. The molecule has 3 rings (SSSR count). The molecule has 3 N–H and O–H groups in total. The number of hydrogen-bond acceptors (Lipinski definition) is 3. The number of amides is 2. The van der Waals surface area contributed by atoms with Crippen molar-refractivity contribution in [2.24, 2.45) is 0 Å². The Morgan fingerprint density at radius 3 is 2.35 bits per heavy atom. The van der Waals surface area contributed by atoms with E-state index in [1.54, 1.807) is 6.92 Å². The summed E-state index contributed by atoms with van der Waals surface area (Å²) < 4.78 is 0. The molecular weight excluding hydrogens is 326 g/mol. The first-order valence-corrected chi connectivity index (χ1v) is 9.00. The fourth-order valence-corrected chi connectivity index (χ4v) is 3.18. The van der Waals surface area contributed by atoms with Gasteiger partial charge < -0.3 is 16.0 Å². The van der Waals surface area contributed by atoms with E-state index in [2.05, 4.69) is 22.0 Å². The second kappa shape index (κ2) is 8.15. The summed E-state index contributed by atoms with van der Waals surface area (Å²) in [6.07, 6.45) is 0.636. The Balaban J connectivity index is 1.53. The molecule has 3 atom stereocenters. The van der Waals surface area contributed by atoms with Crippen molar-refractivity contribution in [3.63, 3.8) is 0 Å². The van der Waals surface area contributed by atoms with Gasteiger partial charge in [-0.2, -0.15) is 0 Å². The Hall–Kier alpha value is -2.66. The van der Waals surface area contributed by atoms with Crippen LogP contribution in [0.15, 0.2) is 54.6 Å². The molecule has 0 saturated carbocycles. The lowest BCUT2D eigenvalue weighted by atomic mass is 9.95. The van der Waals surface area contributed by atoms with Gasteiger partial charge in [-0.25, -0.2) is 0 Å². The molecule has 1 heterocycles. The average Bonchev–Trinajstić information content (AvgIpc) is 2.68. The molecule has 1 aliphatic heterocycles. The van der Waals surface area contributed by atoms with Crippen molar-refractivity contribution in [3.05, 3.63) is 71.3 Å². The predicted molar refractivity (Wildman–Crippen MR) is 101 cm³/mol. The van der Waals surface area contributed by atoms with Gasteiger partial charge in [-0.05, 0) is 37.0 Å². The van der Waals surface area contributed by atoms with Crippen molar-refractivity contribution in [3.8, 4) is 0 Å². The zero-order valence-corrected chi connectivity index (χ0v) is 15.2. The molecule has 0 fully saturated rings. The van der Waals surface area contributed by atoms with Crippen LogP contribution in [0.4, 0.5) is 0 Å². The van der Waals surface area contributed by atoms with Gasteiger partial charge in [0.15, 0.2) is 0 Å². The third-order valence-electron chi connectivity index (χ3n) is 4.81. The molecule has 2 aromatic rings. The van der Waals surface area contributed by atoms with Crippen LogP contribution in [0.5, 0.6) is 0 Å². The third kappa shape index (κ3) is 4.29. The van der Waals surface area contributed by atoms with Gasteiger partial charge in [-0.1, -0.05) is 54.6 Å². The van der Waals surface area contributed by atoms with Crippen molar-refractivity contribution in [1.29, 1.82) is 0 Å². The normalized spacial score (nSPS) is 18.3. The topological polar surface area (TPSA) is 70.2 Å². The number of carbonyl (C=O) groups is 2. The van der Waals surface area contributed by atoms with E-state index in [0.29, 0.717) is 13.0 Å². The Labute approximate surface area is 154 Å². The van der Waals surface area contributed by atoms with Crippen LogP contribution in [0.1, 0.15) is 36.6 Å². The monoisotopic (exact) mass is 351 g/mol. The summed E-state index contributed by atoms with van der Waals surface area (Å²) in [4.78, 5) is 24.9. The van der Waals surface area contributed by atoms with E-state index in [4.69, 9.17) is 0 Å². The van der Waals surface area contributed by atoms with Crippen molar-refractivity contribution in [2.45, 2.75) is 44.9 Å². The molecule has 5 nitrogen and oxygen atoms in total. The van der Waals surface area contributed by atoms with Crippen molar-refractivity contribution >= 4 is 11.8 Å². The molecule has 0 bridgehead atoms. The molecule has 5 heteroatoms. The summed E-state index contributed by atoms with van der Waals surface area (Å²) in [5, 5.41) is 9.01. The SMILES string of the molecule is C[C@H](NC(=O)[C@H]1Cc2ccccc2CN1)C(=O)N[C@H](C)c1ccccc1. The van der Waals surface area contributed by atoms with E-state index >= 15 is 0 Å².